The summed E-state index contributed by atoms with van der Waals surface area (Å²) < 4.78 is 0. The van der Waals surface area contributed by atoms with Crippen LogP contribution in [0.2, 0.25) is 5.02 Å². The molecule has 2 rings (SSSR count). The van der Waals surface area contributed by atoms with Crippen molar-refractivity contribution in [3.8, 4) is 0 Å². The topological polar surface area (TPSA) is 62.1 Å². The van der Waals surface area contributed by atoms with Crippen LogP contribution < -0.4 is 5.73 Å². The first-order chi connectivity index (χ1) is 7.63. The minimum absolute atomic E-state index is 0.0470. The molecule has 1 fully saturated rings. The predicted octanol–water partition coefficient (Wildman–Crippen LogP) is 1.48. The molecule has 0 aliphatic heterocycles. The molecule has 1 heterocycles. The highest BCUT2D eigenvalue weighted by molar-refractivity contribution is 6.30. The van der Waals surface area contributed by atoms with Crippen LogP contribution >= 0.6 is 11.6 Å². The molecule has 1 amide bonds. The van der Waals surface area contributed by atoms with Crippen molar-refractivity contribution in [3.63, 3.8) is 0 Å². The van der Waals surface area contributed by atoms with Gasteiger partial charge >= 0.3 is 0 Å². The predicted molar refractivity (Wildman–Crippen MR) is 63.5 cm³/mol. The molecule has 1 saturated carbocycles. The Morgan fingerprint density at radius 3 is 2.88 bits per heavy atom. The van der Waals surface area contributed by atoms with Crippen molar-refractivity contribution < 1.29 is 4.79 Å². The summed E-state index contributed by atoms with van der Waals surface area (Å²) in [6, 6.07) is 1.79. The van der Waals surface area contributed by atoms with Gasteiger partial charge in [-0.25, -0.2) is 0 Å². The number of carbonyl (C=O) groups is 1. The number of halogens is 1. The smallest absolute Gasteiger partial charge is 0.270 e. The molecule has 1 atom stereocenters. The number of carbonyl (C=O) groups excluding carboxylic acids is 1. The van der Waals surface area contributed by atoms with Crippen LogP contribution in [0, 0.1) is 5.92 Å². The zero-order valence-corrected chi connectivity index (χ0v) is 10.00. The van der Waals surface area contributed by atoms with E-state index in [1.807, 2.05) is 0 Å². The van der Waals surface area contributed by atoms with Crippen molar-refractivity contribution in [2.45, 2.75) is 18.9 Å². The number of hydrogen-bond donors (Lipinski definition) is 2. The lowest BCUT2D eigenvalue weighted by Crippen LogP contribution is -2.43. The van der Waals surface area contributed by atoms with Gasteiger partial charge < -0.3 is 15.6 Å². The van der Waals surface area contributed by atoms with Gasteiger partial charge in [0, 0.05) is 25.8 Å². The van der Waals surface area contributed by atoms with Gasteiger partial charge in [0.25, 0.3) is 5.91 Å². The van der Waals surface area contributed by atoms with Crippen molar-refractivity contribution in [1.82, 2.24) is 9.88 Å². The standard InChI is InChI=1S/C11H16ClN3O/c1-15(10(5-13)7-2-3-7)11(16)9-4-8(12)6-14-9/h4,6-7,10,14H,2-3,5,13H2,1H3. The van der Waals surface area contributed by atoms with E-state index in [-0.39, 0.29) is 11.9 Å². The Morgan fingerprint density at radius 1 is 1.75 bits per heavy atom. The number of nitrogens with one attached hydrogen (secondary N) is 1. The largest absolute Gasteiger partial charge is 0.356 e. The molecule has 0 radical (unpaired) electrons. The Labute approximate surface area is 99.8 Å². The van der Waals surface area contributed by atoms with E-state index >= 15 is 0 Å². The highest BCUT2D eigenvalue weighted by Crippen LogP contribution is 2.34. The minimum atomic E-state index is -0.0470. The second-order valence-electron chi connectivity index (χ2n) is 4.29. The van der Waals surface area contributed by atoms with E-state index in [1.165, 1.54) is 12.8 Å². The van der Waals surface area contributed by atoms with Gasteiger partial charge in [-0.15, -0.1) is 0 Å². The molecule has 3 N–H and O–H groups in total. The molecule has 0 bridgehead atoms. The molecule has 1 aliphatic carbocycles. The van der Waals surface area contributed by atoms with E-state index in [1.54, 1.807) is 24.2 Å². The fraction of sp³-hybridized carbons (Fsp3) is 0.545. The average Bonchev–Trinajstić information content (AvgIpc) is 3.00. The fourth-order valence-corrected chi connectivity index (χ4v) is 2.14. The maximum absolute atomic E-state index is 12.1. The lowest BCUT2D eigenvalue weighted by molar-refractivity contribution is 0.0713. The van der Waals surface area contributed by atoms with Gasteiger partial charge in [-0.05, 0) is 24.8 Å². The average molecular weight is 242 g/mol. The number of aromatic nitrogens is 1. The second-order valence-corrected chi connectivity index (χ2v) is 4.72. The Balaban J connectivity index is 2.08. The van der Waals surface area contributed by atoms with Crippen molar-refractivity contribution in [2.24, 2.45) is 11.7 Å². The van der Waals surface area contributed by atoms with Gasteiger partial charge in [-0.2, -0.15) is 0 Å². The molecule has 1 unspecified atom stereocenters. The zero-order valence-electron chi connectivity index (χ0n) is 9.24. The van der Waals surface area contributed by atoms with Crippen molar-refractivity contribution in [2.75, 3.05) is 13.6 Å². The molecule has 5 heteroatoms. The maximum atomic E-state index is 12.1. The van der Waals surface area contributed by atoms with Gasteiger partial charge in [0.15, 0.2) is 0 Å². The third-order valence-electron chi connectivity index (χ3n) is 3.10. The number of amides is 1. The third kappa shape index (κ3) is 2.23. The normalized spacial score (nSPS) is 17.2. The summed E-state index contributed by atoms with van der Waals surface area (Å²) in [6.45, 7) is 0.515. The third-order valence-corrected chi connectivity index (χ3v) is 3.32. The first-order valence-corrected chi connectivity index (χ1v) is 5.82. The van der Waals surface area contributed by atoms with E-state index in [4.69, 9.17) is 17.3 Å². The Morgan fingerprint density at radius 2 is 2.44 bits per heavy atom. The fourth-order valence-electron chi connectivity index (χ4n) is 1.98. The number of hydrogen-bond acceptors (Lipinski definition) is 2. The summed E-state index contributed by atoms with van der Waals surface area (Å²) in [4.78, 5) is 16.7. The highest BCUT2D eigenvalue weighted by Gasteiger charge is 2.35. The van der Waals surface area contributed by atoms with Crippen LogP contribution in [0.3, 0.4) is 0 Å². The highest BCUT2D eigenvalue weighted by atomic mass is 35.5. The summed E-state index contributed by atoms with van der Waals surface area (Å²) in [7, 11) is 1.80. The maximum Gasteiger partial charge on any atom is 0.270 e. The van der Waals surface area contributed by atoms with Gasteiger partial charge in [-0.3, -0.25) is 4.79 Å². The number of likely N-dealkylation sites (N-methyl/N-ethyl adjacent to an activating group) is 1. The van der Waals surface area contributed by atoms with Crippen LogP contribution in [0.25, 0.3) is 0 Å². The van der Waals surface area contributed by atoms with Gasteiger partial charge in [-0.1, -0.05) is 11.6 Å². The molecule has 0 spiro atoms. The minimum Gasteiger partial charge on any atom is -0.356 e. The first kappa shape index (κ1) is 11.5. The molecule has 4 nitrogen and oxygen atoms in total. The number of nitrogens with two attached hydrogens (primary N) is 1. The van der Waals surface area contributed by atoms with E-state index < -0.39 is 0 Å². The van der Waals surface area contributed by atoms with Crippen LogP contribution in [0.5, 0.6) is 0 Å². The van der Waals surface area contributed by atoms with Crippen LogP contribution in [-0.2, 0) is 0 Å². The summed E-state index contributed by atoms with van der Waals surface area (Å²) in [5.41, 5.74) is 6.23. The molecular formula is C11H16ClN3O. The molecular weight excluding hydrogens is 226 g/mol. The lowest BCUT2D eigenvalue weighted by atomic mass is 10.1. The van der Waals surface area contributed by atoms with Gasteiger partial charge in [0.05, 0.1) is 5.02 Å². The molecule has 88 valence electrons. The molecule has 1 aromatic rings. The van der Waals surface area contributed by atoms with Crippen LogP contribution in [-0.4, -0.2) is 35.4 Å². The Bertz CT molecular complexity index is 386. The van der Waals surface area contributed by atoms with E-state index in [2.05, 4.69) is 4.98 Å². The summed E-state index contributed by atoms with van der Waals surface area (Å²) in [5.74, 6) is 0.527. The molecule has 1 aromatic heterocycles. The molecule has 0 aromatic carbocycles. The second kappa shape index (κ2) is 4.47. The van der Waals surface area contributed by atoms with Gasteiger partial charge in [0.2, 0.25) is 0 Å². The van der Waals surface area contributed by atoms with Crippen molar-refractivity contribution >= 4 is 17.5 Å². The van der Waals surface area contributed by atoms with Crippen LogP contribution in [0.1, 0.15) is 23.3 Å². The van der Waals surface area contributed by atoms with Crippen molar-refractivity contribution in [1.29, 1.82) is 0 Å². The van der Waals surface area contributed by atoms with Crippen molar-refractivity contribution in [3.05, 3.63) is 23.0 Å². The number of nitrogens with zero attached hydrogens (tertiary/aromatic N) is 1. The number of H-pyrrole nitrogens is 1. The Hall–Kier alpha value is -1.00. The van der Waals surface area contributed by atoms with Gasteiger partial charge in [0.1, 0.15) is 5.69 Å². The molecule has 1 aliphatic rings. The molecule has 16 heavy (non-hydrogen) atoms. The zero-order chi connectivity index (χ0) is 11.7. The lowest BCUT2D eigenvalue weighted by Gasteiger charge is -2.26. The number of rotatable bonds is 4. The molecule has 0 saturated heterocycles. The van der Waals surface area contributed by atoms with Crippen LogP contribution in [0.15, 0.2) is 12.3 Å². The van der Waals surface area contributed by atoms with E-state index in [0.717, 1.165) is 0 Å². The summed E-state index contributed by atoms with van der Waals surface area (Å²) in [5, 5.41) is 0.549. The summed E-state index contributed by atoms with van der Waals surface area (Å²) >= 11 is 5.77. The van der Waals surface area contributed by atoms with Crippen LogP contribution in [0.4, 0.5) is 0 Å². The Kier molecular flexibility index (Phi) is 3.21. The summed E-state index contributed by atoms with van der Waals surface area (Å²) in [6.07, 6.45) is 3.95. The SMILES string of the molecule is CN(C(=O)c1cc(Cl)c[nH]1)C(CN)C1CC1. The first-order valence-electron chi connectivity index (χ1n) is 5.44. The quantitative estimate of drug-likeness (QED) is 0.839. The number of aromatic amines is 1. The monoisotopic (exact) mass is 241 g/mol. The van der Waals surface area contributed by atoms with E-state index in [9.17, 15) is 4.79 Å². The van der Waals surface area contributed by atoms with E-state index in [0.29, 0.717) is 23.2 Å².